The van der Waals surface area contributed by atoms with Crippen LogP contribution in [0.15, 0.2) is 5.16 Å². The van der Waals surface area contributed by atoms with Gasteiger partial charge in [0.15, 0.2) is 5.16 Å². The normalized spacial score (nSPS) is 15.8. The predicted molar refractivity (Wildman–Crippen MR) is 64.6 cm³/mol. The molecular formula is C11H19N3OS. The van der Waals surface area contributed by atoms with Crippen LogP contribution in [0.1, 0.15) is 37.9 Å². The molecule has 0 fully saturated rings. The van der Waals surface area contributed by atoms with Crippen LogP contribution in [-0.4, -0.2) is 32.2 Å². The third kappa shape index (κ3) is 2.98. The van der Waals surface area contributed by atoms with E-state index in [1.807, 2.05) is 0 Å². The van der Waals surface area contributed by atoms with E-state index in [0.717, 1.165) is 42.5 Å². The molecule has 1 aromatic heterocycles. The summed E-state index contributed by atoms with van der Waals surface area (Å²) < 4.78 is 2.27. The molecular weight excluding hydrogens is 222 g/mol. The van der Waals surface area contributed by atoms with Gasteiger partial charge in [-0.05, 0) is 25.7 Å². The number of nitrogens with zero attached hydrogens (tertiary/aromatic N) is 3. The lowest BCUT2D eigenvalue weighted by Gasteiger charge is -2.05. The number of fused-ring (bicyclic) bond motifs is 1. The molecule has 1 aromatic rings. The van der Waals surface area contributed by atoms with Crippen molar-refractivity contribution in [2.45, 2.75) is 50.2 Å². The zero-order valence-corrected chi connectivity index (χ0v) is 10.4. The molecule has 1 aliphatic heterocycles. The fourth-order valence-corrected chi connectivity index (χ4v) is 2.92. The minimum absolute atomic E-state index is 0.290. The first-order chi connectivity index (χ1) is 7.92. The summed E-state index contributed by atoms with van der Waals surface area (Å²) in [4.78, 5) is 0. The van der Waals surface area contributed by atoms with E-state index in [9.17, 15) is 0 Å². The van der Waals surface area contributed by atoms with Gasteiger partial charge >= 0.3 is 0 Å². The van der Waals surface area contributed by atoms with Crippen LogP contribution in [0, 0.1) is 0 Å². The van der Waals surface area contributed by atoms with Crippen LogP contribution in [0.25, 0.3) is 0 Å². The van der Waals surface area contributed by atoms with E-state index < -0.39 is 0 Å². The molecule has 0 aliphatic carbocycles. The van der Waals surface area contributed by atoms with E-state index in [0.29, 0.717) is 6.61 Å². The maximum atomic E-state index is 8.71. The molecule has 0 bridgehead atoms. The highest BCUT2D eigenvalue weighted by molar-refractivity contribution is 7.99. The van der Waals surface area contributed by atoms with Crippen molar-refractivity contribution in [3.63, 3.8) is 0 Å². The van der Waals surface area contributed by atoms with Crippen LogP contribution >= 0.6 is 11.8 Å². The Bertz CT molecular complexity index is 327. The number of unbranched alkanes of at least 4 members (excludes halogenated alkanes) is 1. The van der Waals surface area contributed by atoms with Crippen molar-refractivity contribution in [2.75, 3.05) is 12.4 Å². The Hall–Kier alpha value is -0.550. The molecule has 0 atom stereocenters. The van der Waals surface area contributed by atoms with E-state index in [1.165, 1.54) is 19.3 Å². The highest BCUT2D eigenvalue weighted by Gasteiger charge is 2.14. The molecule has 0 unspecified atom stereocenters. The van der Waals surface area contributed by atoms with Crippen molar-refractivity contribution in [3.05, 3.63) is 5.82 Å². The molecule has 0 saturated carbocycles. The molecule has 0 radical (unpaired) electrons. The zero-order valence-electron chi connectivity index (χ0n) is 9.56. The summed E-state index contributed by atoms with van der Waals surface area (Å²) in [5.41, 5.74) is 0. The summed E-state index contributed by atoms with van der Waals surface area (Å²) in [7, 11) is 0. The lowest BCUT2D eigenvalue weighted by molar-refractivity contribution is 0.287. The number of aliphatic hydroxyl groups is 1. The van der Waals surface area contributed by atoms with Gasteiger partial charge in [0.05, 0.1) is 0 Å². The quantitative estimate of drug-likeness (QED) is 0.631. The average molecular weight is 241 g/mol. The number of aliphatic hydroxyl groups excluding tert-OH is 1. The molecule has 5 heteroatoms. The van der Waals surface area contributed by atoms with Crippen LogP contribution in [-0.2, 0) is 13.0 Å². The second-order valence-corrected chi connectivity index (χ2v) is 5.20. The second-order valence-electron chi connectivity index (χ2n) is 4.14. The molecule has 2 heterocycles. The van der Waals surface area contributed by atoms with Crippen LogP contribution in [0.3, 0.4) is 0 Å². The Morgan fingerprint density at radius 1 is 1.19 bits per heavy atom. The fraction of sp³-hybridized carbons (Fsp3) is 0.818. The van der Waals surface area contributed by atoms with E-state index in [1.54, 1.807) is 11.8 Å². The summed E-state index contributed by atoms with van der Waals surface area (Å²) in [6, 6.07) is 0. The molecule has 4 nitrogen and oxygen atoms in total. The molecule has 0 aromatic carbocycles. The van der Waals surface area contributed by atoms with Gasteiger partial charge < -0.3 is 9.67 Å². The minimum Gasteiger partial charge on any atom is -0.396 e. The Balaban J connectivity index is 1.91. The smallest absolute Gasteiger partial charge is 0.191 e. The maximum absolute atomic E-state index is 8.71. The lowest BCUT2D eigenvalue weighted by Crippen LogP contribution is -2.02. The van der Waals surface area contributed by atoms with Crippen molar-refractivity contribution < 1.29 is 5.11 Å². The fourth-order valence-electron chi connectivity index (χ4n) is 1.94. The van der Waals surface area contributed by atoms with Crippen LogP contribution < -0.4 is 0 Å². The largest absolute Gasteiger partial charge is 0.396 e. The summed E-state index contributed by atoms with van der Waals surface area (Å²) in [6.45, 7) is 1.36. The maximum Gasteiger partial charge on any atom is 0.191 e. The van der Waals surface area contributed by atoms with Gasteiger partial charge in [-0.1, -0.05) is 18.2 Å². The van der Waals surface area contributed by atoms with Crippen molar-refractivity contribution in [2.24, 2.45) is 0 Å². The summed E-state index contributed by atoms with van der Waals surface area (Å²) >= 11 is 1.77. The molecule has 2 rings (SSSR count). The Labute approximate surface area is 100 Å². The lowest BCUT2D eigenvalue weighted by atomic mass is 10.2. The number of aryl methyl sites for hydroxylation is 1. The minimum atomic E-state index is 0.290. The summed E-state index contributed by atoms with van der Waals surface area (Å²) in [6.07, 6.45) is 6.79. The highest BCUT2D eigenvalue weighted by atomic mass is 32.2. The van der Waals surface area contributed by atoms with E-state index in [2.05, 4.69) is 14.8 Å². The van der Waals surface area contributed by atoms with Crippen molar-refractivity contribution >= 4 is 11.8 Å². The van der Waals surface area contributed by atoms with Crippen molar-refractivity contribution in [1.29, 1.82) is 0 Å². The number of aromatic nitrogens is 3. The van der Waals surface area contributed by atoms with Crippen molar-refractivity contribution in [1.82, 2.24) is 14.8 Å². The molecule has 0 saturated heterocycles. The number of hydrogen-bond donors (Lipinski definition) is 1. The van der Waals surface area contributed by atoms with E-state index in [4.69, 9.17) is 5.11 Å². The zero-order chi connectivity index (χ0) is 11.2. The average Bonchev–Trinajstić information content (AvgIpc) is 2.54. The molecule has 0 spiro atoms. The number of rotatable bonds is 5. The van der Waals surface area contributed by atoms with Gasteiger partial charge in [0.1, 0.15) is 5.82 Å². The van der Waals surface area contributed by atoms with E-state index in [-0.39, 0.29) is 0 Å². The van der Waals surface area contributed by atoms with Gasteiger partial charge in [0, 0.05) is 25.3 Å². The summed E-state index contributed by atoms with van der Waals surface area (Å²) in [5.74, 6) is 2.18. The third-order valence-electron chi connectivity index (χ3n) is 2.86. The molecule has 90 valence electrons. The van der Waals surface area contributed by atoms with Gasteiger partial charge in [-0.15, -0.1) is 10.2 Å². The monoisotopic (exact) mass is 241 g/mol. The second kappa shape index (κ2) is 6.25. The molecule has 0 amide bonds. The molecule has 1 N–H and O–H groups in total. The predicted octanol–water partition coefficient (Wildman–Crippen LogP) is 1.87. The van der Waals surface area contributed by atoms with Gasteiger partial charge in [0.25, 0.3) is 0 Å². The Kier molecular flexibility index (Phi) is 4.66. The first-order valence-corrected chi connectivity index (χ1v) is 7.06. The highest BCUT2D eigenvalue weighted by Crippen LogP contribution is 2.22. The SMILES string of the molecule is OCCCCSc1nnc2n1CCCCC2. The third-order valence-corrected chi connectivity index (χ3v) is 3.91. The van der Waals surface area contributed by atoms with Gasteiger partial charge in [-0.25, -0.2) is 0 Å². The van der Waals surface area contributed by atoms with Gasteiger partial charge in [0.2, 0.25) is 0 Å². The first-order valence-electron chi connectivity index (χ1n) is 6.07. The topological polar surface area (TPSA) is 50.9 Å². The first kappa shape index (κ1) is 11.9. The van der Waals surface area contributed by atoms with E-state index >= 15 is 0 Å². The number of hydrogen-bond acceptors (Lipinski definition) is 4. The van der Waals surface area contributed by atoms with Crippen LogP contribution in [0.2, 0.25) is 0 Å². The molecule has 1 aliphatic rings. The van der Waals surface area contributed by atoms with Crippen LogP contribution in [0.5, 0.6) is 0 Å². The standard InChI is InChI=1S/C11H19N3OS/c15-8-4-5-9-16-11-13-12-10-6-2-1-3-7-14(10)11/h15H,1-9H2. The van der Waals surface area contributed by atoms with Crippen molar-refractivity contribution in [3.8, 4) is 0 Å². The van der Waals surface area contributed by atoms with Gasteiger partial charge in [-0.3, -0.25) is 0 Å². The van der Waals surface area contributed by atoms with Gasteiger partial charge in [-0.2, -0.15) is 0 Å². The van der Waals surface area contributed by atoms with Crippen LogP contribution in [0.4, 0.5) is 0 Å². The Morgan fingerprint density at radius 2 is 2.12 bits per heavy atom. The Morgan fingerprint density at radius 3 is 3.00 bits per heavy atom. The molecule has 16 heavy (non-hydrogen) atoms. The summed E-state index contributed by atoms with van der Waals surface area (Å²) in [5, 5.41) is 18.3. The number of thioether (sulfide) groups is 1.